The smallest absolute Gasteiger partial charge is 0.109 e. The van der Waals surface area contributed by atoms with Crippen LogP contribution in [0.1, 0.15) is 66.7 Å². The second-order valence-corrected chi connectivity index (χ2v) is 5.20. The minimum Gasteiger partial charge on any atom is -0.355 e. The summed E-state index contributed by atoms with van der Waals surface area (Å²) in [6.45, 7) is 11.4. The number of nitrogens with one attached hydrogen (secondary N) is 1. The van der Waals surface area contributed by atoms with Gasteiger partial charge in [0.1, 0.15) is 6.23 Å². The van der Waals surface area contributed by atoms with Crippen molar-refractivity contribution in [2.45, 2.75) is 84.6 Å². The van der Waals surface area contributed by atoms with Gasteiger partial charge in [0.05, 0.1) is 5.60 Å². The molecule has 0 aromatic carbocycles. The van der Waals surface area contributed by atoms with Gasteiger partial charge in [-0.2, -0.15) is 0 Å². The van der Waals surface area contributed by atoms with Gasteiger partial charge < -0.3 is 4.74 Å². The SMILES string of the molecule is CCCC1N[C@@H](C(C)CC)C(CC)(CC)O1. The molecule has 0 spiro atoms. The fourth-order valence-corrected chi connectivity index (χ4v) is 2.92. The third-order valence-electron chi connectivity index (χ3n) is 4.27. The average Bonchev–Trinajstić information content (AvgIpc) is 2.68. The fraction of sp³-hybridized carbons (Fsp3) is 1.00. The summed E-state index contributed by atoms with van der Waals surface area (Å²) in [5.74, 6) is 0.696. The van der Waals surface area contributed by atoms with Crippen LogP contribution in [0.15, 0.2) is 0 Å². The maximum absolute atomic E-state index is 6.31. The summed E-state index contributed by atoms with van der Waals surface area (Å²) in [6, 6.07) is 0.532. The van der Waals surface area contributed by atoms with Gasteiger partial charge >= 0.3 is 0 Å². The first-order chi connectivity index (χ1) is 7.63. The van der Waals surface area contributed by atoms with Crippen LogP contribution in [0.5, 0.6) is 0 Å². The molecule has 0 amide bonds. The van der Waals surface area contributed by atoms with Gasteiger partial charge in [-0.15, -0.1) is 0 Å². The van der Waals surface area contributed by atoms with Crippen molar-refractivity contribution in [3.63, 3.8) is 0 Å². The molecule has 16 heavy (non-hydrogen) atoms. The molecule has 0 aliphatic carbocycles. The second kappa shape index (κ2) is 6.02. The third kappa shape index (κ3) is 2.60. The number of hydrogen-bond donors (Lipinski definition) is 1. The Morgan fingerprint density at radius 2 is 1.81 bits per heavy atom. The van der Waals surface area contributed by atoms with E-state index in [4.69, 9.17) is 4.74 Å². The van der Waals surface area contributed by atoms with Crippen LogP contribution in [0.25, 0.3) is 0 Å². The maximum Gasteiger partial charge on any atom is 0.109 e. The summed E-state index contributed by atoms with van der Waals surface area (Å²) in [5.41, 5.74) is 0.0786. The van der Waals surface area contributed by atoms with Gasteiger partial charge in [-0.25, -0.2) is 0 Å². The van der Waals surface area contributed by atoms with E-state index >= 15 is 0 Å². The molecule has 1 heterocycles. The zero-order valence-electron chi connectivity index (χ0n) is 11.7. The molecule has 2 unspecified atom stereocenters. The van der Waals surface area contributed by atoms with Crippen LogP contribution >= 0.6 is 0 Å². The van der Waals surface area contributed by atoms with Crippen LogP contribution in [0.3, 0.4) is 0 Å². The van der Waals surface area contributed by atoms with E-state index in [-0.39, 0.29) is 11.8 Å². The van der Waals surface area contributed by atoms with Crippen molar-refractivity contribution in [2.24, 2.45) is 5.92 Å². The molecule has 2 heteroatoms. The zero-order valence-corrected chi connectivity index (χ0v) is 11.7. The van der Waals surface area contributed by atoms with Gasteiger partial charge in [0, 0.05) is 6.04 Å². The van der Waals surface area contributed by atoms with Crippen LogP contribution < -0.4 is 5.32 Å². The van der Waals surface area contributed by atoms with Crippen LogP contribution in [0.2, 0.25) is 0 Å². The van der Waals surface area contributed by atoms with Gasteiger partial charge in [0.2, 0.25) is 0 Å². The second-order valence-electron chi connectivity index (χ2n) is 5.20. The van der Waals surface area contributed by atoms with E-state index in [0.717, 1.165) is 19.3 Å². The normalized spacial score (nSPS) is 30.6. The largest absolute Gasteiger partial charge is 0.355 e. The first-order valence-electron chi connectivity index (χ1n) is 7.07. The van der Waals surface area contributed by atoms with Crippen LogP contribution in [0, 0.1) is 5.92 Å². The van der Waals surface area contributed by atoms with E-state index in [0.29, 0.717) is 12.0 Å². The lowest BCUT2D eigenvalue weighted by Gasteiger charge is -2.35. The third-order valence-corrected chi connectivity index (χ3v) is 4.27. The first kappa shape index (κ1) is 14.0. The summed E-state index contributed by atoms with van der Waals surface area (Å²) in [7, 11) is 0. The van der Waals surface area contributed by atoms with Crippen molar-refractivity contribution in [2.75, 3.05) is 0 Å². The van der Waals surface area contributed by atoms with Crippen LogP contribution in [-0.2, 0) is 4.74 Å². The van der Waals surface area contributed by atoms with Crippen molar-refractivity contribution < 1.29 is 4.74 Å². The Labute approximate surface area is 101 Å². The van der Waals surface area contributed by atoms with Gasteiger partial charge in [0.15, 0.2) is 0 Å². The van der Waals surface area contributed by atoms with Gasteiger partial charge in [-0.1, -0.05) is 47.5 Å². The quantitative estimate of drug-likeness (QED) is 0.747. The predicted molar refractivity (Wildman–Crippen MR) is 69.5 cm³/mol. The summed E-state index contributed by atoms with van der Waals surface area (Å²) in [5, 5.41) is 3.71. The van der Waals surface area contributed by atoms with E-state index in [1.54, 1.807) is 0 Å². The summed E-state index contributed by atoms with van der Waals surface area (Å²) in [4.78, 5) is 0. The lowest BCUT2D eigenvalue weighted by molar-refractivity contribution is -0.0610. The minimum absolute atomic E-state index is 0.0786. The Morgan fingerprint density at radius 3 is 2.25 bits per heavy atom. The van der Waals surface area contributed by atoms with E-state index in [9.17, 15) is 0 Å². The topological polar surface area (TPSA) is 21.3 Å². The zero-order chi connectivity index (χ0) is 12.2. The molecule has 2 nitrogen and oxygen atoms in total. The molecular formula is C14H29NO. The Balaban J connectivity index is 2.77. The lowest BCUT2D eigenvalue weighted by atomic mass is 9.81. The Kier molecular flexibility index (Phi) is 5.26. The van der Waals surface area contributed by atoms with Crippen molar-refractivity contribution in [1.82, 2.24) is 5.32 Å². The molecule has 0 radical (unpaired) electrons. The Hall–Kier alpha value is -0.0800. The monoisotopic (exact) mass is 227 g/mol. The van der Waals surface area contributed by atoms with E-state index in [2.05, 4.69) is 39.9 Å². The van der Waals surface area contributed by atoms with Crippen molar-refractivity contribution in [3.8, 4) is 0 Å². The highest BCUT2D eigenvalue weighted by Gasteiger charge is 2.47. The van der Waals surface area contributed by atoms with Gasteiger partial charge in [0.25, 0.3) is 0 Å². The van der Waals surface area contributed by atoms with Crippen LogP contribution in [-0.4, -0.2) is 17.9 Å². The number of hydrogen-bond acceptors (Lipinski definition) is 2. The maximum atomic E-state index is 6.31. The van der Waals surface area contributed by atoms with E-state index in [1.165, 1.54) is 12.8 Å². The van der Waals surface area contributed by atoms with E-state index < -0.39 is 0 Å². The highest BCUT2D eigenvalue weighted by atomic mass is 16.5. The van der Waals surface area contributed by atoms with Crippen molar-refractivity contribution in [1.29, 1.82) is 0 Å². The minimum atomic E-state index is 0.0786. The van der Waals surface area contributed by atoms with E-state index in [1.807, 2.05) is 0 Å². The molecule has 96 valence electrons. The summed E-state index contributed by atoms with van der Waals surface area (Å²) >= 11 is 0. The predicted octanol–water partition coefficient (Wildman–Crippen LogP) is 3.71. The summed E-state index contributed by atoms with van der Waals surface area (Å²) < 4.78 is 6.31. The first-order valence-corrected chi connectivity index (χ1v) is 7.07. The molecule has 0 saturated carbocycles. The Morgan fingerprint density at radius 1 is 1.19 bits per heavy atom. The standard InChI is InChI=1S/C14H29NO/c1-6-10-12-15-13(11(5)7-2)14(8-3,9-4)16-12/h11-13,15H,6-10H2,1-5H3/t11?,12?,13-/m0/s1. The molecular weight excluding hydrogens is 198 g/mol. The lowest BCUT2D eigenvalue weighted by Crippen LogP contribution is -2.47. The molecule has 1 fully saturated rings. The molecule has 1 N–H and O–H groups in total. The fourth-order valence-electron chi connectivity index (χ4n) is 2.92. The number of ether oxygens (including phenoxy) is 1. The molecule has 1 saturated heterocycles. The molecule has 0 aromatic heterocycles. The molecule has 1 rings (SSSR count). The highest BCUT2D eigenvalue weighted by molar-refractivity contribution is 4.99. The summed E-state index contributed by atoms with van der Waals surface area (Å²) in [6.07, 6.45) is 6.06. The van der Waals surface area contributed by atoms with Crippen molar-refractivity contribution in [3.05, 3.63) is 0 Å². The molecule has 1 aliphatic rings. The average molecular weight is 227 g/mol. The highest BCUT2D eigenvalue weighted by Crippen LogP contribution is 2.37. The molecule has 1 aliphatic heterocycles. The molecule has 0 bridgehead atoms. The Bertz CT molecular complexity index is 201. The van der Waals surface area contributed by atoms with Crippen LogP contribution in [0.4, 0.5) is 0 Å². The number of rotatable bonds is 6. The van der Waals surface area contributed by atoms with Gasteiger partial charge in [-0.3, -0.25) is 5.32 Å². The van der Waals surface area contributed by atoms with Gasteiger partial charge in [-0.05, 0) is 25.2 Å². The molecule has 3 atom stereocenters. The van der Waals surface area contributed by atoms with Crippen molar-refractivity contribution >= 4 is 0 Å². The molecule has 0 aromatic rings.